The lowest BCUT2D eigenvalue weighted by molar-refractivity contribution is 0.152. The molecule has 4 heteroatoms. The molecule has 1 aliphatic heterocycles. The van der Waals surface area contributed by atoms with Gasteiger partial charge in [0.25, 0.3) is 0 Å². The third-order valence-corrected chi connectivity index (χ3v) is 3.54. The molecule has 1 aliphatic rings. The first-order valence-corrected chi connectivity index (χ1v) is 5.55. The van der Waals surface area contributed by atoms with Crippen molar-refractivity contribution in [3.63, 3.8) is 0 Å². The van der Waals surface area contributed by atoms with Crippen LogP contribution >= 0.6 is 22.6 Å². The molecule has 1 saturated heterocycles. The van der Waals surface area contributed by atoms with E-state index in [1.165, 1.54) is 7.11 Å². The van der Waals surface area contributed by atoms with Gasteiger partial charge in [-0.25, -0.2) is 4.79 Å². The van der Waals surface area contributed by atoms with Gasteiger partial charge in [0.2, 0.25) is 0 Å². The molecule has 0 aromatic heterocycles. The van der Waals surface area contributed by atoms with Crippen LogP contribution in [-0.2, 0) is 4.74 Å². The average molecular weight is 303 g/mol. The zero-order chi connectivity index (χ0) is 10.1. The molecule has 1 aromatic rings. The number of carbonyl (C=O) groups is 1. The normalized spacial score (nSPS) is 24.6. The van der Waals surface area contributed by atoms with Crippen molar-refractivity contribution in [2.24, 2.45) is 0 Å². The minimum atomic E-state index is -0.252. The number of nitrogens with zero attached hydrogens (tertiary/aromatic N) is 1. The van der Waals surface area contributed by atoms with Gasteiger partial charge in [0.05, 0.1) is 13.2 Å². The fourth-order valence-electron chi connectivity index (χ4n) is 1.49. The molecule has 1 amide bonds. The number of rotatable bonds is 1. The molecule has 0 radical (unpaired) electrons. The molecule has 1 aromatic carbocycles. The number of halogens is 1. The molecular formula is C10H10INO2. The SMILES string of the molecule is COC(=O)N1[C@H](c2ccccc2)[C@@H]1I. The van der Waals surface area contributed by atoms with E-state index < -0.39 is 0 Å². The fourth-order valence-corrected chi connectivity index (χ4v) is 2.64. The van der Waals surface area contributed by atoms with Crippen LogP contribution in [0.3, 0.4) is 0 Å². The second-order valence-electron chi connectivity index (χ2n) is 3.11. The molecular weight excluding hydrogens is 293 g/mol. The number of benzene rings is 1. The Morgan fingerprint density at radius 3 is 2.64 bits per heavy atom. The highest BCUT2D eigenvalue weighted by molar-refractivity contribution is 14.1. The van der Waals surface area contributed by atoms with Gasteiger partial charge in [-0.1, -0.05) is 52.9 Å². The van der Waals surface area contributed by atoms with E-state index in [2.05, 4.69) is 27.3 Å². The summed E-state index contributed by atoms with van der Waals surface area (Å²) in [6.07, 6.45) is -0.252. The lowest BCUT2D eigenvalue weighted by Gasteiger charge is -2.01. The van der Waals surface area contributed by atoms with E-state index in [4.69, 9.17) is 0 Å². The molecule has 3 nitrogen and oxygen atoms in total. The smallest absolute Gasteiger partial charge is 0.411 e. The maximum Gasteiger partial charge on any atom is 0.411 e. The molecule has 2 rings (SSSR count). The second-order valence-corrected chi connectivity index (χ2v) is 4.38. The Morgan fingerprint density at radius 2 is 2.07 bits per heavy atom. The van der Waals surface area contributed by atoms with Gasteiger partial charge in [-0.05, 0) is 5.56 Å². The molecule has 2 atom stereocenters. The van der Waals surface area contributed by atoms with E-state index in [1.807, 2.05) is 30.3 Å². The maximum absolute atomic E-state index is 11.3. The number of alkyl halides is 1. The van der Waals surface area contributed by atoms with Crippen molar-refractivity contribution in [2.75, 3.05) is 7.11 Å². The Hall–Kier alpha value is -0.780. The van der Waals surface area contributed by atoms with Crippen LogP contribution in [0.5, 0.6) is 0 Å². The largest absolute Gasteiger partial charge is 0.453 e. The highest BCUT2D eigenvalue weighted by Crippen LogP contribution is 2.47. The molecule has 1 heterocycles. The fraction of sp³-hybridized carbons (Fsp3) is 0.300. The summed E-state index contributed by atoms with van der Waals surface area (Å²) in [6, 6.07) is 10.2. The van der Waals surface area contributed by atoms with Gasteiger partial charge < -0.3 is 4.74 Å². The maximum atomic E-state index is 11.3. The zero-order valence-electron chi connectivity index (χ0n) is 7.68. The van der Waals surface area contributed by atoms with E-state index in [-0.39, 0.29) is 16.2 Å². The molecule has 0 aliphatic carbocycles. The minimum Gasteiger partial charge on any atom is -0.453 e. The summed E-state index contributed by atoms with van der Waals surface area (Å²) in [5, 5.41) is 0. The van der Waals surface area contributed by atoms with Crippen molar-refractivity contribution in [1.29, 1.82) is 0 Å². The average Bonchev–Trinajstić information content (AvgIpc) is 2.90. The van der Waals surface area contributed by atoms with Crippen molar-refractivity contribution < 1.29 is 9.53 Å². The molecule has 0 spiro atoms. The van der Waals surface area contributed by atoms with E-state index in [1.54, 1.807) is 4.90 Å². The first-order valence-electron chi connectivity index (χ1n) is 4.31. The van der Waals surface area contributed by atoms with Crippen LogP contribution < -0.4 is 0 Å². The minimum absolute atomic E-state index is 0.184. The quantitative estimate of drug-likeness (QED) is 0.345. The number of carbonyl (C=O) groups excluding carboxylic acids is 1. The van der Waals surface area contributed by atoms with Crippen LogP contribution in [0.4, 0.5) is 4.79 Å². The van der Waals surface area contributed by atoms with Gasteiger partial charge in [-0.3, -0.25) is 4.90 Å². The number of ether oxygens (including phenoxy) is 1. The Morgan fingerprint density at radius 1 is 1.43 bits per heavy atom. The van der Waals surface area contributed by atoms with Crippen molar-refractivity contribution in [1.82, 2.24) is 4.90 Å². The van der Waals surface area contributed by atoms with Gasteiger partial charge in [0.15, 0.2) is 0 Å². The number of amides is 1. The van der Waals surface area contributed by atoms with Crippen LogP contribution in [0.1, 0.15) is 11.6 Å². The Labute approximate surface area is 96.2 Å². The topological polar surface area (TPSA) is 29.3 Å². The van der Waals surface area contributed by atoms with Gasteiger partial charge in [-0.2, -0.15) is 0 Å². The van der Waals surface area contributed by atoms with Gasteiger partial charge >= 0.3 is 6.09 Å². The number of hydrogen-bond acceptors (Lipinski definition) is 2. The summed E-state index contributed by atoms with van der Waals surface area (Å²) in [5.41, 5.74) is 1.16. The van der Waals surface area contributed by atoms with Crippen LogP contribution in [0.2, 0.25) is 0 Å². The Balaban J connectivity index is 2.13. The molecule has 74 valence electrons. The van der Waals surface area contributed by atoms with Crippen LogP contribution in [0.25, 0.3) is 0 Å². The Kier molecular flexibility index (Phi) is 2.62. The van der Waals surface area contributed by atoms with Crippen molar-refractivity contribution >= 4 is 28.7 Å². The molecule has 0 bridgehead atoms. The third kappa shape index (κ3) is 1.58. The van der Waals surface area contributed by atoms with E-state index >= 15 is 0 Å². The summed E-state index contributed by atoms with van der Waals surface area (Å²) >= 11 is 2.25. The molecule has 1 fully saturated rings. The van der Waals surface area contributed by atoms with Crippen molar-refractivity contribution in [2.45, 2.75) is 10.1 Å². The predicted octanol–water partition coefficient (Wildman–Crippen LogP) is 2.57. The lowest BCUT2D eigenvalue weighted by atomic mass is 10.2. The highest BCUT2D eigenvalue weighted by atomic mass is 127. The summed E-state index contributed by atoms with van der Waals surface area (Å²) in [5.74, 6) is 0. The molecule has 14 heavy (non-hydrogen) atoms. The van der Waals surface area contributed by atoms with E-state index in [0.717, 1.165) is 5.56 Å². The highest BCUT2D eigenvalue weighted by Gasteiger charge is 2.50. The van der Waals surface area contributed by atoms with Crippen molar-refractivity contribution in [3.8, 4) is 0 Å². The summed E-state index contributed by atoms with van der Waals surface area (Å²) in [6.45, 7) is 0. The number of hydrogen-bond donors (Lipinski definition) is 0. The van der Waals surface area contributed by atoms with Crippen LogP contribution in [0.15, 0.2) is 30.3 Å². The van der Waals surface area contributed by atoms with Gasteiger partial charge in [0.1, 0.15) is 4.05 Å². The van der Waals surface area contributed by atoms with E-state index in [9.17, 15) is 4.79 Å². The third-order valence-electron chi connectivity index (χ3n) is 2.26. The summed E-state index contributed by atoms with van der Waals surface area (Å²) < 4.78 is 4.90. The molecule has 0 unspecified atom stereocenters. The summed E-state index contributed by atoms with van der Waals surface area (Å²) in [7, 11) is 1.41. The van der Waals surface area contributed by atoms with Crippen LogP contribution in [-0.4, -0.2) is 22.2 Å². The lowest BCUT2D eigenvalue weighted by Crippen LogP contribution is -2.11. The first kappa shape index (κ1) is 9.76. The summed E-state index contributed by atoms with van der Waals surface area (Å²) in [4.78, 5) is 13.0. The Bertz CT molecular complexity index is 341. The number of methoxy groups -OCH3 is 1. The van der Waals surface area contributed by atoms with Gasteiger partial charge in [0, 0.05) is 0 Å². The van der Waals surface area contributed by atoms with Crippen molar-refractivity contribution in [3.05, 3.63) is 35.9 Å². The predicted molar refractivity (Wildman–Crippen MR) is 61.2 cm³/mol. The zero-order valence-corrected chi connectivity index (χ0v) is 9.84. The van der Waals surface area contributed by atoms with E-state index in [0.29, 0.717) is 0 Å². The second kappa shape index (κ2) is 3.76. The monoisotopic (exact) mass is 303 g/mol. The standard InChI is InChI=1S/C10H10INO2/c1-14-10(13)12-8(9(12)11)7-5-3-2-4-6-7/h2-6,8-9H,1H3/t8-,9-,12?/m1/s1. The van der Waals surface area contributed by atoms with Gasteiger partial charge in [-0.15, -0.1) is 0 Å². The molecule has 0 N–H and O–H groups in total. The molecule has 0 saturated carbocycles. The van der Waals surface area contributed by atoms with Crippen LogP contribution in [0, 0.1) is 0 Å². The first-order chi connectivity index (χ1) is 6.75.